The summed E-state index contributed by atoms with van der Waals surface area (Å²) in [5.74, 6) is -0.454. The zero-order valence-electron chi connectivity index (χ0n) is 15.5. The molecule has 0 bridgehead atoms. The number of carbonyl (C=O) groups excluding carboxylic acids is 3. The minimum absolute atomic E-state index is 0.110. The van der Waals surface area contributed by atoms with Crippen molar-refractivity contribution in [3.05, 3.63) is 0 Å². The minimum Gasteiger partial charge on any atom is -0.440 e. The number of aliphatic hydroxyl groups excluding tert-OH is 5. The lowest BCUT2D eigenvalue weighted by Gasteiger charge is -2.42. The van der Waals surface area contributed by atoms with Crippen LogP contribution in [0.3, 0.4) is 0 Å². The lowest BCUT2D eigenvalue weighted by atomic mass is 9.77. The van der Waals surface area contributed by atoms with E-state index in [4.69, 9.17) is 4.74 Å². The molecule has 11 heteroatoms. The number of piperidine rings is 1. The molecule has 4 atom stereocenters. The largest absolute Gasteiger partial charge is 0.440 e. The Hall–Kier alpha value is -1.79. The summed E-state index contributed by atoms with van der Waals surface area (Å²) in [5.41, 5.74) is -0.815. The molecule has 0 aromatic heterocycles. The van der Waals surface area contributed by atoms with E-state index >= 15 is 0 Å². The van der Waals surface area contributed by atoms with Crippen LogP contribution in [-0.2, 0) is 14.3 Å². The molecule has 3 amide bonds. The van der Waals surface area contributed by atoms with Crippen LogP contribution in [0.5, 0.6) is 0 Å². The lowest BCUT2D eigenvalue weighted by Crippen LogP contribution is -2.65. The number of ether oxygens (including phenoxy) is 1. The first kappa shape index (κ1) is 20.9. The summed E-state index contributed by atoms with van der Waals surface area (Å²) in [6, 6.07) is 0. The Morgan fingerprint density at radius 3 is 1.96 bits per heavy atom. The molecule has 1 saturated carbocycles. The molecule has 2 aliphatic heterocycles. The second-order valence-corrected chi connectivity index (χ2v) is 7.69. The highest BCUT2D eigenvalue weighted by atomic mass is 16.6. The van der Waals surface area contributed by atoms with Gasteiger partial charge in [0, 0.05) is 26.1 Å². The molecule has 1 aliphatic carbocycles. The molecule has 3 aliphatic rings. The third-order valence-electron chi connectivity index (χ3n) is 6.09. The monoisotopic (exact) mass is 402 g/mol. The number of likely N-dealkylation sites (tertiary alicyclic amines) is 2. The number of aliphatic hydroxyl groups is 5. The summed E-state index contributed by atoms with van der Waals surface area (Å²) >= 11 is 0. The molecule has 3 fully saturated rings. The summed E-state index contributed by atoms with van der Waals surface area (Å²) in [6.07, 6.45) is -10.8. The molecule has 0 aromatic carbocycles. The Labute approximate surface area is 161 Å². The van der Waals surface area contributed by atoms with E-state index in [0.717, 1.165) is 0 Å². The fourth-order valence-corrected chi connectivity index (χ4v) is 4.22. The maximum atomic E-state index is 12.5. The van der Waals surface area contributed by atoms with Gasteiger partial charge in [-0.15, -0.1) is 0 Å². The van der Waals surface area contributed by atoms with Gasteiger partial charge in [-0.1, -0.05) is 0 Å². The number of hydrogen-bond donors (Lipinski definition) is 5. The van der Waals surface area contributed by atoms with E-state index in [0.29, 0.717) is 6.54 Å². The van der Waals surface area contributed by atoms with Gasteiger partial charge in [-0.25, -0.2) is 4.79 Å². The first-order valence-electron chi connectivity index (χ1n) is 9.33. The van der Waals surface area contributed by atoms with Gasteiger partial charge in [-0.3, -0.25) is 14.5 Å². The van der Waals surface area contributed by atoms with Crippen molar-refractivity contribution >= 4 is 17.9 Å². The smallest absolute Gasteiger partial charge is 0.410 e. The molecule has 2 saturated heterocycles. The number of hydrogen-bond acceptors (Lipinski definition) is 9. The highest BCUT2D eigenvalue weighted by Gasteiger charge is 2.54. The van der Waals surface area contributed by atoms with Crippen LogP contribution in [0.15, 0.2) is 0 Å². The number of nitrogens with zero attached hydrogens (tertiary/aromatic N) is 2. The van der Waals surface area contributed by atoms with Crippen molar-refractivity contribution in [2.75, 3.05) is 19.6 Å². The zero-order valence-corrected chi connectivity index (χ0v) is 15.5. The Kier molecular flexibility index (Phi) is 5.65. The Morgan fingerprint density at radius 2 is 1.50 bits per heavy atom. The van der Waals surface area contributed by atoms with E-state index in [2.05, 4.69) is 0 Å². The van der Waals surface area contributed by atoms with E-state index in [-0.39, 0.29) is 44.2 Å². The Morgan fingerprint density at radius 1 is 1.00 bits per heavy atom. The predicted molar refractivity (Wildman–Crippen MR) is 90.6 cm³/mol. The standard InChI is InChI=1S/C17H26N2O9/c1-2-19-8(20)7-17(15(19)26)3-5-18(6-4-17)16(27)28-14-12(24)10(22)9(21)11(23)13(14)25/h9-14,21-25H,2-7H2,1H3/t9-,10?,11?,12?,13?,14-. The van der Waals surface area contributed by atoms with Gasteiger partial charge in [-0.2, -0.15) is 0 Å². The van der Waals surface area contributed by atoms with E-state index in [1.165, 1.54) is 9.80 Å². The van der Waals surface area contributed by atoms with E-state index in [1.54, 1.807) is 6.92 Å². The molecule has 4 unspecified atom stereocenters. The molecule has 1 spiro atoms. The minimum atomic E-state index is -1.79. The average Bonchev–Trinajstić information content (AvgIpc) is 2.91. The van der Waals surface area contributed by atoms with Gasteiger partial charge in [0.05, 0.1) is 5.41 Å². The summed E-state index contributed by atoms with van der Waals surface area (Å²) in [4.78, 5) is 39.4. The summed E-state index contributed by atoms with van der Waals surface area (Å²) in [6.45, 7) is 2.31. The van der Waals surface area contributed by atoms with Gasteiger partial charge in [0.1, 0.15) is 30.5 Å². The molecule has 11 nitrogen and oxygen atoms in total. The normalized spacial score (nSPS) is 38.2. The van der Waals surface area contributed by atoms with Crippen LogP contribution in [-0.4, -0.2) is 109 Å². The van der Waals surface area contributed by atoms with Crippen molar-refractivity contribution in [1.82, 2.24) is 9.80 Å². The molecule has 0 aromatic rings. The van der Waals surface area contributed by atoms with E-state index in [9.17, 15) is 39.9 Å². The summed E-state index contributed by atoms with van der Waals surface area (Å²) in [5, 5.41) is 48.9. The maximum absolute atomic E-state index is 12.5. The van der Waals surface area contributed by atoms with Crippen LogP contribution in [0.25, 0.3) is 0 Å². The topological polar surface area (TPSA) is 168 Å². The lowest BCUT2D eigenvalue weighted by molar-refractivity contribution is -0.224. The molecule has 3 rings (SSSR count). The molecule has 28 heavy (non-hydrogen) atoms. The first-order chi connectivity index (χ1) is 13.1. The quantitative estimate of drug-likeness (QED) is 0.306. The van der Waals surface area contributed by atoms with Gasteiger partial charge in [0.25, 0.3) is 0 Å². The zero-order chi connectivity index (χ0) is 20.8. The molecular formula is C17H26N2O9. The van der Waals surface area contributed by atoms with Crippen LogP contribution >= 0.6 is 0 Å². The van der Waals surface area contributed by atoms with Crippen molar-refractivity contribution in [2.45, 2.75) is 62.8 Å². The van der Waals surface area contributed by atoms with Crippen molar-refractivity contribution < 1.29 is 44.7 Å². The van der Waals surface area contributed by atoms with Crippen molar-refractivity contribution in [3.8, 4) is 0 Å². The third-order valence-corrected chi connectivity index (χ3v) is 6.09. The molecule has 5 N–H and O–H groups in total. The highest BCUT2D eigenvalue weighted by Crippen LogP contribution is 2.42. The van der Waals surface area contributed by atoms with Crippen LogP contribution in [0.2, 0.25) is 0 Å². The SMILES string of the molecule is CCN1C(=O)CC2(CCN(C(=O)O[C@H]3C(O)C(O)[C@H](O)C(O)C3O)CC2)C1=O. The molecule has 0 radical (unpaired) electrons. The first-order valence-corrected chi connectivity index (χ1v) is 9.33. The van der Waals surface area contributed by atoms with Gasteiger partial charge in [-0.05, 0) is 19.8 Å². The number of amides is 3. The Balaban J connectivity index is 1.62. The molecular weight excluding hydrogens is 376 g/mol. The van der Waals surface area contributed by atoms with Gasteiger partial charge in [0.15, 0.2) is 6.10 Å². The van der Waals surface area contributed by atoms with Crippen LogP contribution in [0.1, 0.15) is 26.2 Å². The molecule has 2 heterocycles. The summed E-state index contributed by atoms with van der Waals surface area (Å²) in [7, 11) is 0. The number of rotatable bonds is 2. The Bertz CT molecular complexity index is 633. The fourth-order valence-electron chi connectivity index (χ4n) is 4.22. The second kappa shape index (κ2) is 7.56. The molecule has 158 valence electrons. The summed E-state index contributed by atoms with van der Waals surface area (Å²) < 4.78 is 5.08. The van der Waals surface area contributed by atoms with E-state index < -0.39 is 48.1 Å². The van der Waals surface area contributed by atoms with Crippen molar-refractivity contribution in [1.29, 1.82) is 0 Å². The highest BCUT2D eigenvalue weighted by molar-refractivity contribution is 6.06. The second-order valence-electron chi connectivity index (χ2n) is 7.69. The number of imide groups is 1. The van der Waals surface area contributed by atoms with Gasteiger partial charge in [0.2, 0.25) is 11.8 Å². The van der Waals surface area contributed by atoms with Crippen LogP contribution in [0.4, 0.5) is 4.79 Å². The van der Waals surface area contributed by atoms with Crippen molar-refractivity contribution in [3.63, 3.8) is 0 Å². The van der Waals surface area contributed by atoms with E-state index in [1.807, 2.05) is 0 Å². The third kappa shape index (κ3) is 3.26. The predicted octanol–water partition coefficient (Wildman–Crippen LogP) is -2.83. The fraction of sp³-hybridized carbons (Fsp3) is 0.824. The average molecular weight is 402 g/mol. The van der Waals surface area contributed by atoms with Crippen LogP contribution < -0.4 is 0 Å². The maximum Gasteiger partial charge on any atom is 0.410 e. The van der Waals surface area contributed by atoms with Crippen molar-refractivity contribution in [2.24, 2.45) is 5.41 Å². The van der Waals surface area contributed by atoms with Gasteiger partial charge >= 0.3 is 6.09 Å². The van der Waals surface area contributed by atoms with Crippen LogP contribution in [0, 0.1) is 5.41 Å². The number of carbonyl (C=O) groups is 3. The van der Waals surface area contributed by atoms with Gasteiger partial charge < -0.3 is 35.2 Å².